The number of guanidine groups is 1. The maximum absolute atomic E-state index is 12.7. The van der Waals surface area contributed by atoms with E-state index >= 15 is 0 Å². The molecule has 2 bridgehead atoms. The van der Waals surface area contributed by atoms with E-state index in [9.17, 15) is 24.4 Å². The number of ether oxygens (including phenoxy) is 2. The fourth-order valence-corrected chi connectivity index (χ4v) is 4.26. The van der Waals surface area contributed by atoms with E-state index in [1.54, 1.807) is 46.4 Å². The van der Waals surface area contributed by atoms with Crippen molar-refractivity contribution in [2.45, 2.75) is 96.6 Å². The Kier molecular flexibility index (Phi) is 8.52. The molecule has 3 rings (SSSR count). The predicted molar refractivity (Wildman–Crippen MR) is 129 cm³/mol. The van der Waals surface area contributed by atoms with Crippen molar-refractivity contribution in [2.24, 2.45) is 4.99 Å². The van der Waals surface area contributed by atoms with Crippen LogP contribution in [0.15, 0.2) is 4.99 Å². The molecule has 0 saturated carbocycles. The molecule has 0 unspecified atom stereocenters. The first kappa shape index (κ1) is 28.4. The van der Waals surface area contributed by atoms with Crippen LogP contribution in [0, 0.1) is 0 Å². The van der Waals surface area contributed by atoms with E-state index < -0.39 is 41.4 Å². The number of urea groups is 1. The summed E-state index contributed by atoms with van der Waals surface area (Å²) in [5, 5.41) is 13.0. The molecule has 3 aliphatic rings. The highest BCUT2D eigenvalue weighted by Crippen LogP contribution is 2.28. The smallest absolute Gasteiger partial charge is 0.437 e. The molecule has 208 valence electrons. The fourth-order valence-electron chi connectivity index (χ4n) is 4.26. The van der Waals surface area contributed by atoms with Gasteiger partial charge in [0.15, 0.2) is 0 Å². The Balaban J connectivity index is 1.55. The molecule has 14 nitrogen and oxygen atoms in total. The molecule has 0 aromatic heterocycles. The first-order valence-electron chi connectivity index (χ1n) is 12.4. The molecular weight excluding hydrogens is 488 g/mol. The number of hydrogen-bond donors (Lipinski definition) is 3. The molecular formula is C23H38N6O8. The number of nitrogens with one attached hydrogen (secondary N) is 2. The summed E-state index contributed by atoms with van der Waals surface area (Å²) < 4.78 is 10.5. The Morgan fingerprint density at radius 2 is 1.59 bits per heavy atom. The van der Waals surface area contributed by atoms with E-state index in [2.05, 4.69) is 15.8 Å². The van der Waals surface area contributed by atoms with Gasteiger partial charge in [0.2, 0.25) is 5.96 Å². The van der Waals surface area contributed by atoms with Gasteiger partial charge in [0.05, 0.1) is 12.1 Å². The second-order valence-electron chi connectivity index (χ2n) is 11.3. The van der Waals surface area contributed by atoms with Crippen LogP contribution < -0.4 is 10.8 Å². The van der Waals surface area contributed by atoms with Crippen LogP contribution in [0.1, 0.15) is 67.2 Å². The quantitative estimate of drug-likeness (QED) is 0.216. The van der Waals surface area contributed by atoms with Crippen molar-refractivity contribution in [1.29, 1.82) is 0 Å². The monoisotopic (exact) mass is 526 g/mol. The van der Waals surface area contributed by atoms with E-state index in [0.29, 0.717) is 50.4 Å². The highest BCUT2D eigenvalue weighted by Gasteiger charge is 2.47. The minimum atomic E-state index is -0.850. The second-order valence-corrected chi connectivity index (χ2v) is 11.3. The lowest BCUT2D eigenvalue weighted by atomic mass is 10.0. The van der Waals surface area contributed by atoms with Gasteiger partial charge in [0.1, 0.15) is 17.2 Å². The fraction of sp³-hybridized carbons (Fsp3) is 0.783. The summed E-state index contributed by atoms with van der Waals surface area (Å²) in [6.07, 6.45) is -0.0525. The normalized spacial score (nSPS) is 23.2. The van der Waals surface area contributed by atoms with Crippen LogP contribution in [0.2, 0.25) is 0 Å². The molecule has 0 aromatic carbocycles. The van der Waals surface area contributed by atoms with Crippen molar-refractivity contribution < 1.29 is 38.7 Å². The molecule has 0 spiro atoms. The summed E-state index contributed by atoms with van der Waals surface area (Å²) in [5.74, 6) is -0.438. The van der Waals surface area contributed by atoms with Crippen molar-refractivity contribution in [1.82, 2.24) is 25.7 Å². The van der Waals surface area contributed by atoms with Crippen LogP contribution in [0.25, 0.3) is 0 Å². The van der Waals surface area contributed by atoms with Crippen LogP contribution in [0.5, 0.6) is 0 Å². The van der Waals surface area contributed by atoms with Crippen LogP contribution in [0.4, 0.5) is 14.4 Å². The van der Waals surface area contributed by atoms with Crippen LogP contribution in [0.3, 0.4) is 0 Å². The molecule has 37 heavy (non-hydrogen) atoms. The van der Waals surface area contributed by atoms with Gasteiger partial charge in [0.25, 0.3) is 5.91 Å². The Labute approximate surface area is 216 Å². The Bertz CT molecular complexity index is 919. The predicted octanol–water partition coefficient (Wildman–Crippen LogP) is 1.97. The molecule has 0 aliphatic carbocycles. The first-order chi connectivity index (χ1) is 17.1. The van der Waals surface area contributed by atoms with E-state index in [4.69, 9.17) is 14.3 Å². The van der Waals surface area contributed by atoms with Gasteiger partial charge in [-0.25, -0.2) is 24.9 Å². The van der Waals surface area contributed by atoms with Gasteiger partial charge in [-0.2, -0.15) is 0 Å². The van der Waals surface area contributed by atoms with Gasteiger partial charge in [0, 0.05) is 19.6 Å². The summed E-state index contributed by atoms with van der Waals surface area (Å²) in [6.45, 7) is 11.3. The summed E-state index contributed by atoms with van der Waals surface area (Å²) in [6, 6.07) is -1.57. The van der Waals surface area contributed by atoms with Gasteiger partial charge in [-0.15, -0.1) is 4.99 Å². The number of piperidine rings is 2. The number of fused-ring (bicyclic) bond motifs is 2. The lowest BCUT2D eigenvalue weighted by Gasteiger charge is -2.34. The summed E-state index contributed by atoms with van der Waals surface area (Å²) in [5.41, 5.74) is 0.954. The molecule has 3 aliphatic heterocycles. The number of rotatable bonds is 3. The van der Waals surface area contributed by atoms with E-state index in [1.165, 1.54) is 4.90 Å². The average molecular weight is 527 g/mol. The molecule has 3 saturated heterocycles. The van der Waals surface area contributed by atoms with Gasteiger partial charge in [-0.3, -0.25) is 20.2 Å². The maximum atomic E-state index is 12.7. The van der Waals surface area contributed by atoms with Gasteiger partial charge in [-0.1, -0.05) is 0 Å². The Morgan fingerprint density at radius 1 is 0.973 bits per heavy atom. The van der Waals surface area contributed by atoms with Crippen molar-refractivity contribution in [3.8, 4) is 0 Å². The first-order valence-corrected chi connectivity index (χ1v) is 12.4. The summed E-state index contributed by atoms with van der Waals surface area (Å²) >= 11 is 0. The lowest BCUT2D eigenvalue weighted by Crippen LogP contribution is -2.52. The highest BCUT2D eigenvalue weighted by atomic mass is 16.7. The topological polar surface area (TPSA) is 162 Å². The highest BCUT2D eigenvalue weighted by molar-refractivity contribution is 5.99. The van der Waals surface area contributed by atoms with E-state index in [0.717, 1.165) is 0 Å². The van der Waals surface area contributed by atoms with Gasteiger partial charge >= 0.3 is 18.2 Å². The molecule has 5 amide bonds. The number of alkyl carbamates (subject to hydrolysis) is 1. The number of carbonyl (C=O) groups is 4. The van der Waals surface area contributed by atoms with Crippen molar-refractivity contribution >= 4 is 30.1 Å². The Hall–Kier alpha value is -3.13. The zero-order valence-electron chi connectivity index (χ0n) is 22.3. The third kappa shape index (κ3) is 7.92. The average Bonchev–Trinajstić information content (AvgIpc) is 2.99. The van der Waals surface area contributed by atoms with Crippen LogP contribution in [-0.4, -0.2) is 99.2 Å². The SMILES string of the molecule is CC(C)(C)OC(=O)N=C(NC(=O)OC(C)(C)C)N1CCC(ONC(=O)[C@@H]2CC[C@@H]3CN2C(=O)N3O)CC1. The van der Waals surface area contributed by atoms with E-state index in [-0.39, 0.29) is 18.1 Å². The summed E-state index contributed by atoms with van der Waals surface area (Å²) in [4.78, 5) is 62.0. The number of nitrogens with zero attached hydrogens (tertiary/aromatic N) is 4. The van der Waals surface area contributed by atoms with Crippen LogP contribution >= 0.6 is 0 Å². The van der Waals surface area contributed by atoms with Crippen LogP contribution in [-0.2, 0) is 19.1 Å². The molecule has 3 N–H and O–H groups in total. The zero-order valence-corrected chi connectivity index (χ0v) is 22.3. The van der Waals surface area contributed by atoms with Crippen molar-refractivity contribution in [3.05, 3.63) is 0 Å². The lowest BCUT2D eigenvalue weighted by molar-refractivity contribution is -0.145. The largest absolute Gasteiger partial charge is 0.444 e. The maximum Gasteiger partial charge on any atom is 0.437 e. The number of hydrogen-bond acceptors (Lipinski definition) is 8. The Morgan fingerprint density at radius 3 is 2.19 bits per heavy atom. The molecule has 0 radical (unpaired) electrons. The molecule has 2 atom stereocenters. The summed E-state index contributed by atoms with van der Waals surface area (Å²) in [7, 11) is 0. The van der Waals surface area contributed by atoms with Crippen molar-refractivity contribution in [2.75, 3.05) is 19.6 Å². The molecule has 14 heteroatoms. The van der Waals surface area contributed by atoms with Crippen molar-refractivity contribution in [3.63, 3.8) is 0 Å². The van der Waals surface area contributed by atoms with Gasteiger partial charge in [-0.05, 0) is 67.2 Å². The molecule has 3 heterocycles. The number of aliphatic imine (C=N–C) groups is 1. The minimum absolute atomic E-state index is 0.00356. The molecule has 0 aromatic rings. The zero-order chi connectivity index (χ0) is 27.5. The molecule has 3 fully saturated rings. The third-order valence-corrected chi connectivity index (χ3v) is 5.92. The third-order valence-electron chi connectivity index (χ3n) is 5.92. The van der Waals surface area contributed by atoms with Gasteiger partial charge < -0.3 is 19.3 Å². The number of amides is 5. The minimum Gasteiger partial charge on any atom is -0.444 e. The number of hydroxylamine groups is 3. The number of likely N-dealkylation sites (tertiary alicyclic amines) is 1. The van der Waals surface area contributed by atoms with E-state index in [1.807, 2.05) is 0 Å². The second kappa shape index (κ2) is 11.1. The standard InChI is InChI=1S/C23H38N6O8/c1-22(2,3)35-19(31)24-18(25-20(32)36-23(4,5)6)27-11-9-15(10-12-27)37-26-17(30)16-8-7-14-13-28(16)21(33)29(14)34/h14-16,34H,7-13H2,1-6H3,(H,26,30)(H,24,25,31,32)/t14-,16+/m1/s1. The number of carbonyl (C=O) groups excluding carboxylic acids is 4.